The first-order chi connectivity index (χ1) is 5.00. The Morgan fingerprint density at radius 2 is 1.91 bits per heavy atom. The molecule has 0 aromatic heterocycles. The molecule has 3 nitrogen and oxygen atoms in total. The first-order valence-corrected chi connectivity index (χ1v) is 2.77. The highest BCUT2D eigenvalue weighted by atomic mass is 19.1. The standard InChI is InChI=1S/C7H9FN2O/c1-3-5(9)6(4(2)8)7(10)11/h3H,1-2,9H2,(H2,10,11)/b6-5-. The van der Waals surface area contributed by atoms with Gasteiger partial charge < -0.3 is 11.5 Å². The Morgan fingerprint density at radius 1 is 1.45 bits per heavy atom. The molecule has 60 valence electrons. The minimum Gasteiger partial charge on any atom is -0.398 e. The zero-order valence-electron chi connectivity index (χ0n) is 5.93. The first-order valence-electron chi connectivity index (χ1n) is 2.77. The summed E-state index contributed by atoms with van der Waals surface area (Å²) in [7, 11) is 0. The van der Waals surface area contributed by atoms with Gasteiger partial charge in [0.1, 0.15) is 5.83 Å². The van der Waals surface area contributed by atoms with Gasteiger partial charge in [0, 0.05) is 5.70 Å². The molecular weight excluding hydrogens is 147 g/mol. The third-order valence-electron chi connectivity index (χ3n) is 1.03. The van der Waals surface area contributed by atoms with Crippen molar-refractivity contribution < 1.29 is 9.18 Å². The number of carbonyl (C=O) groups is 1. The van der Waals surface area contributed by atoms with Crippen molar-refractivity contribution >= 4 is 5.91 Å². The molecule has 4 heteroatoms. The second kappa shape index (κ2) is 3.55. The minimum atomic E-state index is -0.949. The highest BCUT2D eigenvalue weighted by molar-refractivity contribution is 5.96. The molecule has 0 saturated carbocycles. The molecule has 0 heterocycles. The number of carbonyl (C=O) groups excluding carboxylic acids is 1. The van der Waals surface area contributed by atoms with E-state index < -0.39 is 17.3 Å². The number of hydrogen-bond donors (Lipinski definition) is 2. The van der Waals surface area contributed by atoms with E-state index in [2.05, 4.69) is 13.2 Å². The summed E-state index contributed by atoms with van der Waals surface area (Å²) in [6, 6.07) is 0. The van der Waals surface area contributed by atoms with Crippen LogP contribution < -0.4 is 11.5 Å². The van der Waals surface area contributed by atoms with Crippen molar-refractivity contribution in [2.24, 2.45) is 11.5 Å². The average Bonchev–Trinajstić information content (AvgIpc) is 1.85. The van der Waals surface area contributed by atoms with Crippen LogP contribution in [0.25, 0.3) is 0 Å². The molecule has 0 aliphatic heterocycles. The molecule has 0 bridgehead atoms. The van der Waals surface area contributed by atoms with Crippen molar-refractivity contribution in [3.05, 3.63) is 36.3 Å². The van der Waals surface area contributed by atoms with Gasteiger partial charge in [-0.15, -0.1) is 0 Å². The Labute approximate surface area is 63.9 Å². The molecule has 0 aromatic rings. The van der Waals surface area contributed by atoms with Gasteiger partial charge in [0.2, 0.25) is 0 Å². The van der Waals surface area contributed by atoms with Crippen LogP contribution in [0, 0.1) is 0 Å². The summed E-state index contributed by atoms with van der Waals surface area (Å²) in [5.74, 6) is -1.90. The van der Waals surface area contributed by atoms with E-state index in [1.165, 1.54) is 0 Å². The van der Waals surface area contributed by atoms with Crippen LogP contribution in [-0.4, -0.2) is 5.91 Å². The molecule has 0 atom stereocenters. The second-order valence-corrected chi connectivity index (χ2v) is 1.80. The molecule has 0 aliphatic carbocycles. The van der Waals surface area contributed by atoms with Crippen LogP contribution in [-0.2, 0) is 4.79 Å². The summed E-state index contributed by atoms with van der Waals surface area (Å²) >= 11 is 0. The molecule has 0 rings (SSSR count). The third-order valence-corrected chi connectivity index (χ3v) is 1.03. The van der Waals surface area contributed by atoms with Gasteiger partial charge in [-0.25, -0.2) is 4.39 Å². The number of halogens is 1. The monoisotopic (exact) mass is 156 g/mol. The van der Waals surface area contributed by atoms with E-state index in [4.69, 9.17) is 11.5 Å². The molecule has 0 fully saturated rings. The third kappa shape index (κ3) is 2.25. The maximum atomic E-state index is 12.4. The maximum Gasteiger partial charge on any atom is 0.253 e. The number of primary amides is 1. The van der Waals surface area contributed by atoms with Gasteiger partial charge in [0.15, 0.2) is 0 Å². The Morgan fingerprint density at radius 3 is 2.00 bits per heavy atom. The maximum absolute atomic E-state index is 12.4. The lowest BCUT2D eigenvalue weighted by atomic mass is 10.2. The zero-order valence-corrected chi connectivity index (χ0v) is 5.93. The van der Waals surface area contributed by atoms with Gasteiger partial charge in [-0.1, -0.05) is 13.2 Å². The predicted molar refractivity (Wildman–Crippen MR) is 40.9 cm³/mol. The Balaban J connectivity index is 5.04. The van der Waals surface area contributed by atoms with Crippen molar-refractivity contribution in [2.45, 2.75) is 0 Å². The fraction of sp³-hybridized carbons (Fsp3) is 0. The molecule has 0 saturated heterocycles. The molecular formula is C7H9FN2O. The Hall–Kier alpha value is -1.58. The molecule has 0 radical (unpaired) electrons. The fourth-order valence-electron chi connectivity index (χ4n) is 0.535. The van der Waals surface area contributed by atoms with Crippen LogP contribution in [0.5, 0.6) is 0 Å². The van der Waals surface area contributed by atoms with Gasteiger partial charge >= 0.3 is 0 Å². The molecule has 0 aliphatic rings. The summed E-state index contributed by atoms with van der Waals surface area (Å²) < 4.78 is 12.4. The molecule has 4 N–H and O–H groups in total. The van der Waals surface area contributed by atoms with Crippen molar-refractivity contribution in [2.75, 3.05) is 0 Å². The Kier molecular flexibility index (Phi) is 3.04. The lowest BCUT2D eigenvalue weighted by Crippen LogP contribution is -2.18. The van der Waals surface area contributed by atoms with E-state index in [0.717, 1.165) is 6.08 Å². The van der Waals surface area contributed by atoms with Crippen LogP contribution in [0.3, 0.4) is 0 Å². The smallest absolute Gasteiger partial charge is 0.253 e. The first kappa shape index (κ1) is 9.42. The lowest BCUT2D eigenvalue weighted by Gasteiger charge is -2.00. The van der Waals surface area contributed by atoms with Crippen LogP contribution in [0.4, 0.5) is 4.39 Å². The summed E-state index contributed by atoms with van der Waals surface area (Å²) in [5, 5.41) is 0. The molecule has 0 unspecified atom stereocenters. The highest BCUT2D eigenvalue weighted by Crippen LogP contribution is 2.10. The predicted octanol–water partition coefficient (Wildman–Crippen LogP) is 0.354. The van der Waals surface area contributed by atoms with E-state index in [9.17, 15) is 9.18 Å². The van der Waals surface area contributed by atoms with Crippen LogP contribution in [0.1, 0.15) is 0 Å². The topological polar surface area (TPSA) is 69.1 Å². The summed E-state index contributed by atoms with van der Waals surface area (Å²) in [4.78, 5) is 10.5. The largest absolute Gasteiger partial charge is 0.398 e. The average molecular weight is 156 g/mol. The van der Waals surface area contributed by atoms with Crippen molar-refractivity contribution in [1.29, 1.82) is 0 Å². The van der Waals surface area contributed by atoms with Crippen LogP contribution in [0.15, 0.2) is 36.3 Å². The normalized spacial score (nSPS) is 11.7. The summed E-state index contributed by atoms with van der Waals surface area (Å²) in [6.07, 6.45) is 1.13. The van der Waals surface area contributed by atoms with E-state index in [0.29, 0.717) is 0 Å². The number of hydrogen-bond acceptors (Lipinski definition) is 2. The lowest BCUT2D eigenvalue weighted by molar-refractivity contribution is -0.114. The van der Waals surface area contributed by atoms with E-state index in [-0.39, 0.29) is 5.70 Å². The van der Waals surface area contributed by atoms with Gasteiger partial charge in [-0.2, -0.15) is 0 Å². The molecule has 0 aromatic carbocycles. The number of amides is 1. The van der Waals surface area contributed by atoms with Crippen molar-refractivity contribution in [3.63, 3.8) is 0 Å². The van der Waals surface area contributed by atoms with Crippen LogP contribution >= 0.6 is 0 Å². The molecule has 1 amide bonds. The highest BCUT2D eigenvalue weighted by Gasteiger charge is 2.11. The van der Waals surface area contributed by atoms with Gasteiger partial charge in [0.05, 0.1) is 5.57 Å². The van der Waals surface area contributed by atoms with E-state index in [1.54, 1.807) is 0 Å². The van der Waals surface area contributed by atoms with Crippen molar-refractivity contribution in [3.8, 4) is 0 Å². The van der Waals surface area contributed by atoms with Gasteiger partial charge in [-0.05, 0) is 6.08 Å². The SMILES string of the molecule is C=C/C(N)=C(\C(=C)F)C(N)=O. The Bertz CT molecular complexity index is 227. The van der Waals surface area contributed by atoms with E-state index in [1.807, 2.05) is 0 Å². The molecule has 11 heavy (non-hydrogen) atoms. The summed E-state index contributed by atoms with van der Waals surface area (Å²) in [6.45, 7) is 6.14. The summed E-state index contributed by atoms with van der Waals surface area (Å²) in [5.41, 5.74) is 9.44. The molecule has 0 spiro atoms. The van der Waals surface area contributed by atoms with Crippen LogP contribution in [0.2, 0.25) is 0 Å². The zero-order chi connectivity index (χ0) is 9.02. The quantitative estimate of drug-likeness (QED) is 0.457. The minimum absolute atomic E-state index is 0.106. The van der Waals surface area contributed by atoms with E-state index >= 15 is 0 Å². The number of allylic oxidation sites excluding steroid dienone is 1. The number of nitrogens with two attached hydrogens (primary N) is 2. The van der Waals surface area contributed by atoms with Gasteiger partial charge in [0.25, 0.3) is 5.91 Å². The van der Waals surface area contributed by atoms with Gasteiger partial charge in [-0.3, -0.25) is 4.79 Å². The number of rotatable bonds is 3. The second-order valence-electron chi connectivity index (χ2n) is 1.80. The fourth-order valence-corrected chi connectivity index (χ4v) is 0.535. The van der Waals surface area contributed by atoms with Crippen molar-refractivity contribution in [1.82, 2.24) is 0 Å².